The highest BCUT2D eigenvalue weighted by Crippen LogP contribution is 2.46. The Bertz CT molecular complexity index is 9570. The van der Waals surface area contributed by atoms with Crippen LogP contribution < -0.4 is 0 Å². The van der Waals surface area contributed by atoms with Crippen molar-refractivity contribution in [2.45, 2.75) is 0 Å². The van der Waals surface area contributed by atoms with Crippen molar-refractivity contribution in [3.05, 3.63) is 491 Å². The fraction of sp³-hybridized carbons (Fsp3) is 0. The number of imidazole rings is 2. The summed E-state index contributed by atoms with van der Waals surface area (Å²) in [6.07, 6.45) is 0. The minimum Gasteiger partial charge on any atom is -0.456 e. The number of furan rings is 1. The maximum atomic E-state index is 6.63. The molecule has 0 unspecified atom stereocenters. The van der Waals surface area contributed by atoms with Crippen LogP contribution in [0.3, 0.4) is 0 Å². The van der Waals surface area contributed by atoms with Crippen LogP contribution in [0, 0.1) is 0 Å². The van der Waals surface area contributed by atoms with Crippen molar-refractivity contribution in [2.24, 2.45) is 0 Å². The third-order valence-corrected chi connectivity index (χ3v) is 27.3. The Morgan fingerprint density at radius 3 is 0.945 bits per heavy atom. The molecule has 15 heteroatoms. The van der Waals surface area contributed by atoms with E-state index in [2.05, 4.69) is 306 Å². The third-order valence-electron chi connectivity index (χ3n) is 27.3. The first-order chi connectivity index (χ1) is 72.3. The molecule has 7 aromatic heterocycles. The van der Waals surface area contributed by atoms with Crippen molar-refractivity contribution < 1.29 is 8.83 Å². The molecule has 682 valence electrons. The standard InChI is InChI=1S/C46H26N4O2.C43H28N4.C42H27N5/c1-3-10-29(11-4-1)43-48-44(30-12-5-2-6-13-30)50-45(49-43)32-17-21-35-31(25-32)16-15-28-19-23-37-42(40(28)35)52-46(47-37)33-18-22-36-39(26-33)51-38-24-20-27-9-7-8-14-34(27)41(36)38;1-5-13-30(14-6-1)38-28-39(31-15-7-2-8-16-31)45-42(44-38)34-24-22-29-21-23-32-25-26-37-41(40(32)36(29)27-34)47(35-19-11-4-12-20-35)43(46-37)33-17-9-3-10-18-33;1-5-13-30(14-6-1)39-44-40(31-15-7-2-8-16-31)46-41(45-39)33-24-22-28-21-23-29-25-26-36-38(37(29)35(28)27-33)47(34-19-11-4-12-20-34)42(43-36)32-17-9-3-10-18-32/h1-26H;1-28H;1-27H. The van der Waals surface area contributed by atoms with Gasteiger partial charge in [0, 0.05) is 105 Å². The Labute approximate surface area is 836 Å². The van der Waals surface area contributed by atoms with E-state index in [0.29, 0.717) is 46.7 Å². The fourth-order valence-corrected chi connectivity index (χ4v) is 20.3. The van der Waals surface area contributed by atoms with Gasteiger partial charge < -0.3 is 8.83 Å². The molecule has 0 saturated carbocycles. The van der Waals surface area contributed by atoms with Crippen LogP contribution in [-0.4, -0.2) is 64.0 Å². The van der Waals surface area contributed by atoms with E-state index in [9.17, 15) is 0 Å². The molecule has 0 aliphatic heterocycles. The predicted octanol–water partition coefficient (Wildman–Crippen LogP) is 33.0. The topological polar surface area (TPSA) is 178 Å². The van der Waals surface area contributed by atoms with Crippen molar-refractivity contribution in [3.8, 4) is 148 Å². The van der Waals surface area contributed by atoms with Gasteiger partial charge in [0.15, 0.2) is 46.4 Å². The summed E-state index contributed by atoms with van der Waals surface area (Å²) in [7, 11) is 0. The number of nitrogens with zero attached hydrogens (tertiary/aromatic N) is 13. The third kappa shape index (κ3) is 15.7. The van der Waals surface area contributed by atoms with Crippen LogP contribution in [0.1, 0.15) is 0 Å². The van der Waals surface area contributed by atoms with Crippen LogP contribution in [0.4, 0.5) is 0 Å². The summed E-state index contributed by atoms with van der Waals surface area (Å²) in [6.45, 7) is 0. The van der Waals surface area contributed by atoms with Gasteiger partial charge in [-0.2, -0.15) is 0 Å². The van der Waals surface area contributed by atoms with Gasteiger partial charge in [0.25, 0.3) is 0 Å². The maximum absolute atomic E-state index is 6.63. The molecule has 29 rings (SSSR count). The molecule has 0 radical (unpaired) electrons. The van der Waals surface area contributed by atoms with Gasteiger partial charge in [-0.05, 0) is 150 Å². The first kappa shape index (κ1) is 85.2. The zero-order chi connectivity index (χ0) is 96.5. The van der Waals surface area contributed by atoms with Crippen molar-refractivity contribution in [1.29, 1.82) is 0 Å². The number of benzene rings is 22. The van der Waals surface area contributed by atoms with Gasteiger partial charge in [-0.1, -0.05) is 400 Å². The fourth-order valence-electron chi connectivity index (χ4n) is 20.3. The molecule has 0 saturated heterocycles. The molecule has 0 aliphatic rings. The molecule has 15 nitrogen and oxygen atoms in total. The summed E-state index contributed by atoms with van der Waals surface area (Å²) in [5, 5.41) is 17.9. The average Bonchev–Trinajstić information content (AvgIpc) is 1.56. The molecule has 7 heterocycles. The molecule has 0 N–H and O–H groups in total. The normalized spacial score (nSPS) is 11.6. The Hall–Kier alpha value is -20.0. The summed E-state index contributed by atoms with van der Waals surface area (Å²) in [4.78, 5) is 55.3. The molecule has 22 aromatic carbocycles. The smallest absolute Gasteiger partial charge is 0.227 e. The first-order valence-electron chi connectivity index (χ1n) is 48.7. The largest absolute Gasteiger partial charge is 0.456 e. The van der Waals surface area contributed by atoms with E-state index in [0.717, 1.165) is 221 Å². The summed E-state index contributed by atoms with van der Waals surface area (Å²) < 4.78 is 17.6. The molecular formula is C131H81N13O2. The van der Waals surface area contributed by atoms with Crippen molar-refractivity contribution >= 4 is 131 Å². The highest BCUT2D eigenvalue weighted by atomic mass is 16.3. The predicted molar refractivity (Wildman–Crippen MR) is 594 cm³/mol. The van der Waals surface area contributed by atoms with E-state index in [4.69, 9.17) is 63.7 Å². The number of para-hydroxylation sites is 2. The molecule has 0 bridgehead atoms. The van der Waals surface area contributed by atoms with Gasteiger partial charge in [0.2, 0.25) is 5.89 Å². The minimum absolute atomic E-state index is 0.551. The summed E-state index contributed by atoms with van der Waals surface area (Å²) >= 11 is 0. The molecule has 29 aromatic rings. The molecule has 0 atom stereocenters. The lowest BCUT2D eigenvalue weighted by Crippen LogP contribution is -2.00. The van der Waals surface area contributed by atoms with Crippen LogP contribution >= 0.6 is 0 Å². The lowest BCUT2D eigenvalue weighted by molar-refractivity contribution is 0.622. The summed E-state index contributed by atoms with van der Waals surface area (Å²) in [5.74, 6) is 6.86. The molecular weight excluding hydrogens is 1790 g/mol. The van der Waals surface area contributed by atoms with Crippen LogP contribution in [0.15, 0.2) is 500 Å². The Morgan fingerprint density at radius 2 is 0.486 bits per heavy atom. The van der Waals surface area contributed by atoms with Crippen LogP contribution in [0.25, 0.3) is 278 Å². The van der Waals surface area contributed by atoms with Gasteiger partial charge >= 0.3 is 0 Å². The van der Waals surface area contributed by atoms with Crippen LogP contribution in [0.2, 0.25) is 0 Å². The van der Waals surface area contributed by atoms with Gasteiger partial charge in [-0.15, -0.1) is 0 Å². The molecule has 0 amide bonds. The second-order valence-electron chi connectivity index (χ2n) is 36.3. The summed E-state index contributed by atoms with van der Waals surface area (Å²) in [6, 6.07) is 169. The summed E-state index contributed by atoms with van der Waals surface area (Å²) in [5.41, 5.74) is 22.8. The quantitative estimate of drug-likeness (QED) is 0.0940. The monoisotopic (exact) mass is 1870 g/mol. The molecule has 0 aliphatic carbocycles. The SMILES string of the molecule is c1ccc(-c2cc(-c3ccccc3)nc(-c3ccc4ccc5ccc6nc(-c7ccccc7)n(-c7ccccc7)c6c5c4c3)n2)cc1.c1ccc(-c2nc(-c3ccccc3)nc(-c3ccc4c(ccc5ccc6nc(-c7ccc8c(c7)oc7ccc9ccccc9c78)oc6c54)c3)n2)cc1.c1ccc(-c2nc(-c3ccccc3)nc(-c3ccc4ccc5ccc6nc(-c7ccccc7)n(-c7ccccc7)c6c5c4c3)n2)cc1. The van der Waals surface area contributed by atoms with E-state index >= 15 is 0 Å². The number of oxazole rings is 1. The Kier molecular flexibility index (Phi) is 21.2. The van der Waals surface area contributed by atoms with Crippen molar-refractivity contribution in [3.63, 3.8) is 0 Å². The first-order valence-corrected chi connectivity index (χ1v) is 48.7. The molecule has 0 fully saturated rings. The van der Waals surface area contributed by atoms with Gasteiger partial charge in [-0.3, -0.25) is 9.13 Å². The zero-order valence-electron chi connectivity index (χ0n) is 78.4. The van der Waals surface area contributed by atoms with E-state index < -0.39 is 0 Å². The van der Waals surface area contributed by atoms with Gasteiger partial charge in [-0.25, -0.2) is 54.8 Å². The number of hydrogen-bond acceptors (Lipinski definition) is 13. The van der Waals surface area contributed by atoms with Crippen molar-refractivity contribution in [1.82, 2.24) is 64.0 Å². The number of hydrogen-bond donors (Lipinski definition) is 0. The van der Waals surface area contributed by atoms with Crippen molar-refractivity contribution in [2.75, 3.05) is 0 Å². The van der Waals surface area contributed by atoms with E-state index in [1.54, 1.807) is 0 Å². The highest BCUT2D eigenvalue weighted by molar-refractivity contribution is 6.24. The van der Waals surface area contributed by atoms with E-state index in [1.165, 1.54) is 10.8 Å². The Balaban J connectivity index is 0.000000109. The lowest BCUT2D eigenvalue weighted by atomic mass is 9.98. The second-order valence-corrected chi connectivity index (χ2v) is 36.3. The average molecular weight is 1870 g/mol. The molecule has 146 heavy (non-hydrogen) atoms. The minimum atomic E-state index is 0.551. The van der Waals surface area contributed by atoms with Gasteiger partial charge in [0.1, 0.15) is 28.3 Å². The zero-order valence-corrected chi connectivity index (χ0v) is 78.4. The number of rotatable bonds is 14. The van der Waals surface area contributed by atoms with E-state index in [1.807, 2.05) is 194 Å². The Morgan fingerprint density at radius 1 is 0.164 bits per heavy atom. The molecule has 0 spiro atoms. The maximum Gasteiger partial charge on any atom is 0.227 e. The number of fused-ring (bicyclic) bond motifs is 20. The van der Waals surface area contributed by atoms with Crippen LogP contribution in [-0.2, 0) is 0 Å². The highest BCUT2D eigenvalue weighted by Gasteiger charge is 2.26. The van der Waals surface area contributed by atoms with E-state index in [-0.39, 0.29) is 0 Å². The number of aromatic nitrogens is 13. The second kappa shape index (κ2) is 36.3. The lowest BCUT2D eigenvalue weighted by Gasteiger charge is -2.13. The van der Waals surface area contributed by atoms with Gasteiger partial charge in [0.05, 0.1) is 33.5 Å². The van der Waals surface area contributed by atoms with Crippen LogP contribution in [0.5, 0.6) is 0 Å².